The molecule has 30 heteroatoms. The fourth-order valence-corrected chi connectivity index (χ4v) is 14.0. The van der Waals surface area contributed by atoms with Crippen LogP contribution in [0.1, 0.15) is 89.2 Å². The van der Waals surface area contributed by atoms with Crippen LogP contribution in [0, 0.1) is 11.6 Å². The highest BCUT2D eigenvalue weighted by Crippen LogP contribution is 2.34. The van der Waals surface area contributed by atoms with Crippen LogP contribution in [0.3, 0.4) is 0 Å². The number of nitrogens with zero attached hydrogens (tertiary/aromatic N) is 12. The molecule has 4 saturated heterocycles. The summed E-state index contributed by atoms with van der Waals surface area (Å²) in [4.78, 5) is 28.0. The van der Waals surface area contributed by atoms with Crippen molar-refractivity contribution in [3.63, 3.8) is 0 Å². The van der Waals surface area contributed by atoms with E-state index in [0.717, 1.165) is 128 Å². The summed E-state index contributed by atoms with van der Waals surface area (Å²) in [7, 11) is -4.98. The molecule has 2 saturated carbocycles. The molecule has 6 N–H and O–H groups in total. The van der Waals surface area contributed by atoms with Crippen LogP contribution in [0.25, 0.3) is 0 Å². The number of benzene rings is 2. The molecule has 8 heterocycles. The summed E-state index contributed by atoms with van der Waals surface area (Å²) in [6, 6.07) is 16.0. The van der Waals surface area contributed by atoms with E-state index in [0.29, 0.717) is 86.1 Å². The third-order valence-electron chi connectivity index (χ3n) is 16.5. The van der Waals surface area contributed by atoms with E-state index in [-0.39, 0.29) is 41.1 Å². The monoisotopic (exact) mass is 1340 g/mol. The third-order valence-corrected chi connectivity index (χ3v) is 19.2. The number of piperidine rings is 2. The maximum atomic E-state index is 14.3. The molecule has 8 aliphatic rings. The molecule has 2 aromatic carbocycles. The van der Waals surface area contributed by atoms with Gasteiger partial charge in [-0.1, -0.05) is 72.4 Å². The zero-order valence-electron chi connectivity index (χ0n) is 49.8. The standard InChI is InChI=1S/C28H35Cl2FN8O2S.C23H30Cl2FN5.C4H6N2O4S.C3H7N/c1-2-22-17-38(11-12-39(22)23-7-9-37(10-8-23)16-18-3-4-19(29)13-25(18)31)28-24(30)14-21(15-32-28)34-27-26(33-20-5-6-20)35-42(40,41)36-27;1-2-19-15-30(23-21(25)12-18(27)13-28-23)9-10-31(19)20-5-7-29(8-6-20)14-16-3-4-17(24)11-22(16)26;1-9-3-4(10-2)6-11(7,8)5-3;4-3-1-2-3/h3-4,13-15,20,22-23H,2,5-12,16-17H2,1H3,(H,33,35)(H,34,36);3-4,11-13,19-20H,2,5-10,14-15,27H2,1H3;1-2H3;3H,1-2,4H2/t22-;19-;;/m00../s1. The minimum absolute atomic E-state index is 0.118. The Kier molecular flexibility index (Phi) is 23.1. The second kappa shape index (κ2) is 30.2. The lowest BCUT2D eigenvalue weighted by Crippen LogP contribution is -2.58. The number of halogens is 6. The van der Waals surface area contributed by atoms with Crippen LogP contribution in [0.5, 0.6) is 0 Å². The number of methoxy groups -OCH3 is 2. The number of piperazine rings is 2. The number of hydrogen-bond acceptors (Lipinski definition) is 18. The van der Waals surface area contributed by atoms with Gasteiger partial charge < -0.3 is 36.1 Å². The van der Waals surface area contributed by atoms with E-state index < -0.39 is 20.4 Å². The number of aliphatic imine (C=N–C) groups is 1. The van der Waals surface area contributed by atoms with Crippen molar-refractivity contribution in [2.45, 2.75) is 127 Å². The molecule has 0 spiro atoms. The van der Waals surface area contributed by atoms with Gasteiger partial charge in [-0.05, 0) is 127 Å². The van der Waals surface area contributed by atoms with Crippen LogP contribution < -0.4 is 31.3 Å². The van der Waals surface area contributed by atoms with Gasteiger partial charge in [0.25, 0.3) is 11.8 Å². The summed E-state index contributed by atoms with van der Waals surface area (Å²) in [6.45, 7) is 14.9. The van der Waals surface area contributed by atoms with Crippen LogP contribution in [-0.2, 0) is 43.0 Å². The molecule has 2 aromatic heterocycles. The predicted octanol–water partition coefficient (Wildman–Crippen LogP) is 8.43. The first-order valence-electron chi connectivity index (χ1n) is 29.8. The molecule has 480 valence electrons. The van der Waals surface area contributed by atoms with Gasteiger partial charge in [-0.25, -0.2) is 23.5 Å². The summed E-state index contributed by atoms with van der Waals surface area (Å²) in [5.74, 6) is 1.22. The Morgan fingerprint density at radius 1 is 0.648 bits per heavy atom. The average molecular weight is 1340 g/mol. The number of aromatic nitrogens is 2. The van der Waals surface area contributed by atoms with Crippen molar-refractivity contribution in [1.82, 2.24) is 34.3 Å². The molecule has 0 bridgehead atoms. The first kappa shape index (κ1) is 67.1. The minimum Gasteiger partial charge on any atom is -0.477 e. The quantitative estimate of drug-likeness (QED) is 0.104. The molecule has 0 radical (unpaired) electrons. The van der Waals surface area contributed by atoms with Crippen molar-refractivity contribution in [1.29, 1.82) is 0 Å². The number of likely N-dealkylation sites (tertiary alicyclic amines) is 2. The van der Waals surface area contributed by atoms with Crippen molar-refractivity contribution >= 4 is 113 Å². The molecule has 6 fully saturated rings. The van der Waals surface area contributed by atoms with Crippen molar-refractivity contribution in [2.24, 2.45) is 23.9 Å². The predicted molar refractivity (Wildman–Crippen MR) is 347 cm³/mol. The second-order valence-corrected chi connectivity index (χ2v) is 27.2. The van der Waals surface area contributed by atoms with E-state index >= 15 is 0 Å². The Labute approximate surface area is 535 Å². The molecule has 22 nitrogen and oxygen atoms in total. The Hall–Kier alpha value is -5.26. The Bertz CT molecular complexity index is 3420. The molecule has 0 amide bonds. The third kappa shape index (κ3) is 18.5. The van der Waals surface area contributed by atoms with Crippen molar-refractivity contribution in [3.8, 4) is 0 Å². The first-order chi connectivity index (χ1) is 42.1. The average Bonchev–Trinajstić information content (AvgIpc) is 3.24. The Balaban J connectivity index is 0.000000174. The first-order valence-corrected chi connectivity index (χ1v) is 34.1. The van der Waals surface area contributed by atoms with Crippen LogP contribution in [0.2, 0.25) is 20.1 Å². The summed E-state index contributed by atoms with van der Waals surface area (Å²) in [5, 5.41) is 4.99. The number of rotatable bonds is 12. The zero-order chi connectivity index (χ0) is 62.9. The fourth-order valence-electron chi connectivity index (χ4n) is 11.5. The van der Waals surface area contributed by atoms with Gasteiger partial charge in [-0.2, -0.15) is 16.8 Å². The summed E-state index contributed by atoms with van der Waals surface area (Å²) in [5.41, 5.74) is 13.6. The number of nitrogens with one attached hydrogen (secondary N) is 2. The van der Waals surface area contributed by atoms with Crippen molar-refractivity contribution < 1.29 is 35.1 Å². The van der Waals surface area contributed by atoms with E-state index in [2.05, 4.69) is 90.9 Å². The lowest BCUT2D eigenvalue weighted by molar-refractivity contribution is 0.0607. The van der Waals surface area contributed by atoms with Crippen LogP contribution >= 0.6 is 46.4 Å². The van der Waals surface area contributed by atoms with Gasteiger partial charge in [-0.15, -0.1) is 13.2 Å². The zero-order valence-corrected chi connectivity index (χ0v) is 54.5. The molecule has 4 aromatic rings. The van der Waals surface area contributed by atoms with Gasteiger partial charge >= 0.3 is 20.4 Å². The molecule has 2 atom stereocenters. The highest BCUT2D eigenvalue weighted by atomic mass is 35.5. The Morgan fingerprint density at radius 2 is 1.11 bits per heavy atom. The summed E-state index contributed by atoms with van der Waals surface area (Å²) < 4.78 is 95.2. The minimum atomic E-state index is -3.81. The molecule has 12 rings (SSSR count). The molecule has 6 aliphatic heterocycles. The summed E-state index contributed by atoms with van der Waals surface area (Å²) in [6.07, 6.45) is 14.1. The highest BCUT2D eigenvalue weighted by Gasteiger charge is 2.37. The van der Waals surface area contributed by atoms with E-state index in [1.165, 1.54) is 39.2 Å². The summed E-state index contributed by atoms with van der Waals surface area (Å²) >= 11 is 24.9. The lowest BCUT2D eigenvalue weighted by atomic mass is 9.97. The number of hydrogen-bond donors (Lipinski definition) is 4. The number of ether oxygens (including phenoxy) is 2. The molecular weight excluding hydrogens is 1260 g/mol. The van der Waals surface area contributed by atoms with Gasteiger partial charge in [-0.3, -0.25) is 24.6 Å². The van der Waals surface area contributed by atoms with Crippen molar-refractivity contribution in [3.05, 3.63) is 104 Å². The van der Waals surface area contributed by atoms with E-state index in [4.69, 9.17) is 57.9 Å². The van der Waals surface area contributed by atoms with E-state index in [9.17, 15) is 25.6 Å². The SMILES string of the molecule is CC[C@H]1CN(c2ncc(N)cc2Cl)CCN1C1CCN(Cc2ccc(Cl)cc2F)CC1.CC[C@H]1CN(c2ncc(NC3=NS(=O)(=O)NC3=NC3CC3)cc2Cl)CCN1C1CCN(Cc2ccc(Cl)cc2F)CC1.COC1=NS(=O)(=O)N=C1OC.NC1CC1. The van der Waals surface area contributed by atoms with Gasteiger partial charge in [0.2, 0.25) is 0 Å². The second-order valence-electron chi connectivity index (χ2n) is 22.9. The Morgan fingerprint density at radius 3 is 1.52 bits per heavy atom. The van der Waals surface area contributed by atoms with Gasteiger partial charge in [0.1, 0.15) is 23.3 Å². The normalized spacial score (nSPS) is 23.1. The van der Waals surface area contributed by atoms with Crippen molar-refractivity contribution in [2.75, 3.05) is 101 Å². The maximum Gasteiger partial charge on any atom is 0.370 e. The topological polar surface area (TPSA) is 258 Å². The molecule has 88 heavy (non-hydrogen) atoms. The van der Waals surface area contributed by atoms with Crippen LogP contribution in [0.15, 0.2) is 79.1 Å². The van der Waals surface area contributed by atoms with Gasteiger partial charge in [0.15, 0.2) is 11.7 Å². The smallest absolute Gasteiger partial charge is 0.370 e. The molecule has 0 unspecified atom stereocenters. The number of anilines is 4. The molecule has 2 aliphatic carbocycles. The molecular formula is C58H78Cl4F2N16O6S2. The number of nitrogen functional groups attached to an aromatic ring is 1. The van der Waals surface area contributed by atoms with E-state index in [1.807, 2.05) is 0 Å². The van der Waals surface area contributed by atoms with Gasteiger partial charge in [0.05, 0.1) is 54.1 Å². The highest BCUT2D eigenvalue weighted by molar-refractivity contribution is 7.90. The van der Waals surface area contributed by atoms with E-state index in [1.54, 1.807) is 48.8 Å². The van der Waals surface area contributed by atoms with Crippen LogP contribution in [-0.4, -0.2) is 186 Å². The maximum absolute atomic E-state index is 14.3. The number of pyridine rings is 2. The van der Waals surface area contributed by atoms with Gasteiger partial charge in [0, 0.05) is 104 Å². The largest absolute Gasteiger partial charge is 0.477 e. The van der Waals surface area contributed by atoms with Crippen LogP contribution in [0.4, 0.5) is 31.8 Å². The number of nitrogens with two attached hydrogens (primary N) is 2. The fraction of sp³-hybridized carbons (Fsp3) is 0.552. The number of amidine groups is 2. The lowest BCUT2D eigenvalue weighted by Gasteiger charge is -2.47.